The molecule has 1 aliphatic heterocycles. The number of benzene rings is 2. The van der Waals surface area contributed by atoms with Gasteiger partial charge in [0.05, 0.1) is 35.2 Å². The highest BCUT2D eigenvalue weighted by Gasteiger charge is 2.29. The van der Waals surface area contributed by atoms with Gasteiger partial charge in [-0.3, -0.25) is 28.5 Å². The summed E-state index contributed by atoms with van der Waals surface area (Å²) in [6.07, 6.45) is 2.84. The van der Waals surface area contributed by atoms with Gasteiger partial charge in [-0.25, -0.2) is 4.39 Å². The smallest absolute Gasteiger partial charge is 0.322 e. The van der Waals surface area contributed by atoms with Gasteiger partial charge in [-0.05, 0) is 36.6 Å². The molecular weight excluding hydrogens is 547 g/mol. The molecule has 0 atom stereocenters. The molecule has 42 heavy (non-hydrogen) atoms. The van der Waals surface area contributed by atoms with Crippen LogP contribution < -0.4 is 16.4 Å². The van der Waals surface area contributed by atoms with Crippen molar-refractivity contribution in [1.82, 2.24) is 35.1 Å². The van der Waals surface area contributed by atoms with Gasteiger partial charge in [0.25, 0.3) is 0 Å². The van der Waals surface area contributed by atoms with Crippen LogP contribution >= 0.6 is 0 Å². The standard InChI is InChI=1S/C28H31FN8O5/c1-15(38)36-7-5-16(6-8-36)27-26-18(19-10-22-17(9-20(19)29)11-33-35(22)2)3-4-21(30)28(26)37(34-27)14-24(40)31-12-23(39)32-13-25(41)42/h3-4,9-11,16H,5-8,12-14,30H2,1-2H3,(H,31,40)(H,32,39)(H,41,42). The Hall–Kier alpha value is -5.01. The minimum atomic E-state index is -1.20. The molecule has 14 heteroatoms. The number of amides is 3. The maximum atomic E-state index is 15.6. The van der Waals surface area contributed by atoms with Gasteiger partial charge in [-0.2, -0.15) is 10.2 Å². The summed E-state index contributed by atoms with van der Waals surface area (Å²) in [5.41, 5.74) is 9.50. The van der Waals surface area contributed by atoms with Crippen molar-refractivity contribution in [2.75, 3.05) is 31.9 Å². The summed E-state index contributed by atoms with van der Waals surface area (Å²) in [6.45, 7) is 1.33. The monoisotopic (exact) mass is 578 g/mol. The number of aliphatic carboxylic acids is 1. The lowest BCUT2D eigenvalue weighted by Gasteiger charge is -2.30. The number of nitrogens with one attached hydrogen (secondary N) is 2. The number of carboxylic acids is 1. The molecule has 4 aromatic rings. The number of hydrogen-bond acceptors (Lipinski definition) is 7. The molecule has 1 fully saturated rings. The Bertz CT molecular complexity index is 1720. The molecule has 0 aliphatic carbocycles. The Morgan fingerprint density at radius 1 is 1.07 bits per heavy atom. The van der Waals surface area contributed by atoms with Crippen LogP contribution in [-0.4, -0.2) is 79.4 Å². The fourth-order valence-corrected chi connectivity index (χ4v) is 5.45. The fraction of sp³-hybridized carbons (Fsp3) is 0.357. The largest absolute Gasteiger partial charge is 0.480 e. The second-order valence-corrected chi connectivity index (χ2v) is 10.4. The van der Waals surface area contributed by atoms with Gasteiger partial charge in [-0.15, -0.1) is 0 Å². The van der Waals surface area contributed by atoms with Crippen molar-refractivity contribution < 1.29 is 28.7 Å². The first-order valence-electron chi connectivity index (χ1n) is 13.4. The zero-order valence-corrected chi connectivity index (χ0v) is 23.2. The summed E-state index contributed by atoms with van der Waals surface area (Å²) >= 11 is 0. The SMILES string of the molecule is CC(=O)N1CCC(c2nn(CC(=O)NCC(=O)NCC(=O)O)c3c(N)ccc(-c4cc5c(cnn5C)cc4F)c23)CC1. The minimum absolute atomic E-state index is 0.00983. The molecule has 13 nitrogen and oxygen atoms in total. The van der Waals surface area contributed by atoms with E-state index in [1.807, 2.05) is 0 Å². The normalized spacial score (nSPS) is 13.9. The van der Waals surface area contributed by atoms with Crippen molar-refractivity contribution in [2.24, 2.45) is 7.05 Å². The number of carbonyl (C=O) groups is 4. The number of aromatic nitrogens is 4. The Balaban J connectivity index is 1.56. The maximum absolute atomic E-state index is 15.6. The molecular formula is C28H31FN8O5. The number of nitrogens with two attached hydrogens (primary N) is 1. The lowest BCUT2D eigenvalue weighted by Crippen LogP contribution is -2.40. The highest BCUT2D eigenvalue weighted by molar-refractivity contribution is 6.04. The van der Waals surface area contributed by atoms with E-state index in [0.717, 1.165) is 5.52 Å². The molecule has 1 aliphatic rings. The average Bonchev–Trinajstić information content (AvgIpc) is 3.51. The van der Waals surface area contributed by atoms with Gasteiger partial charge < -0.3 is 26.4 Å². The van der Waals surface area contributed by atoms with Crippen LogP contribution in [0.25, 0.3) is 32.9 Å². The molecule has 1 saturated heterocycles. The molecule has 5 N–H and O–H groups in total. The van der Waals surface area contributed by atoms with Crippen molar-refractivity contribution in [3.63, 3.8) is 0 Å². The molecule has 3 amide bonds. The molecule has 0 bridgehead atoms. The Labute approximate surface area is 239 Å². The Morgan fingerprint density at radius 3 is 2.48 bits per heavy atom. The van der Waals surface area contributed by atoms with Crippen LogP contribution in [0, 0.1) is 5.82 Å². The molecule has 2 aromatic carbocycles. The Kier molecular flexibility index (Phi) is 7.79. The van der Waals surface area contributed by atoms with Crippen molar-refractivity contribution in [3.05, 3.63) is 42.0 Å². The number of rotatable bonds is 8. The van der Waals surface area contributed by atoms with Gasteiger partial charge >= 0.3 is 5.97 Å². The lowest BCUT2D eigenvalue weighted by molar-refractivity contribution is -0.137. The van der Waals surface area contributed by atoms with E-state index in [-0.39, 0.29) is 18.4 Å². The van der Waals surface area contributed by atoms with E-state index in [1.54, 1.807) is 41.0 Å². The molecule has 0 radical (unpaired) electrons. The summed E-state index contributed by atoms with van der Waals surface area (Å²) in [6, 6.07) is 6.54. The zero-order chi connectivity index (χ0) is 30.1. The summed E-state index contributed by atoms with van der Waals surface area (Å²) in [5, 5.41) is 23.7. The first kappa shape index (κ1) is 28.5. The van der Waals surface area contributed by atoms with Crippen LogP contribution in [0.5, 0.6) is 0 Å². The quantitative estimate of drug-likeness (QED) is 0.226. The van der Waals surface area contributed by atoms with Crippen LogP contribution in [0.3, 0.4) is 0 Å². The van der Waals surface area contributed by atoms with Gasteiger partial charge in [0.1, 0.15) is 18.9 Å². The number of fused-ring (bicyclic) bond motifs is 2. The number of nitrogen functional groups attached to an aromatic ring is 1. The highest BCUT2D eigenvalue weighted by atomic mass is 19.1. The number of hydrogen-bond donors (Lipinski definition) is 4. The number of likely N-dealkylation sites (tertiary alicyclic amines) is 1. The predicted octanol–water partition coefficient (Wildman–Crippen LogP) is 1.35. The number of aryl methyl sites for hydroxylation is 1. The van der Waals surface area contributed by atoms with Gasteiger partial charge in [0.15, 0.2) is 0 Å². The number of anilines is 1. The van der Waals surface area contributed by atoms with E-state index in [9.17, 15) is 19.2 Å². The fourth-order valence-electron chi connectivity index (χ4n) is 5.45. The zero-order valence-electron chi connectivity index (χ0n) is 23.2. The van der Waals surface area contributed by atoms with Gasteiger partial charge in [0.2, 0.25) is 17.7 Å². The molecule has 2 aromatic heterocycles. The van der Waals surface area contributed by atoms with Crippen molar-refractivity contribution >= 4 is 51.2 Å². The first-order chi connectivity index (χ1) is 20.0. The molecule has 0 spiro atoms. The molecule has 0 unspecified atom stereocenters. The van der Waals surface area contributed by atoms with Crippen molar-refractivity contribution in [2.45, 2.75) is 32.2 Å². The van der Waals surface area contributed by atoms with E-state index >= 15 is 4.39 Å². The molecule has 3 heterocycles. The van der Waals surface area contributed by atoms with E-state index in [0.29, 0.717) is 64.7 Å². The first-order valence-corrected chi connectivity index (χ1v) is 13.4. The predicted molar refractivity (Wildman–Crippen MR) is 152 cm³/mol. The lowest BCUT2D eigenvalue weighted by atomic mass is 9.88. The van der Waals surface area contributed by atoms with Crippen molar-refractivity contribution in [1.29, 1.82) is 0 Å². The third-order valence-electron chi connectivity index (χ3n) is 7.58. The van der Waals surface area contributed by atoms with Crippen LogP contribution in [0.4, 0.5) is 10.1 Å². The van der Waals surface area contributed by atoms with Crippen LogP contribution in [-0.2, 0) is 32.8 Å². The second-order valence-electron chi connectivity index (χ2n) is 10.4. The van der Waals surface area contributed by atoms with Crippen LogP contribution in [0.15, 0.2) is 30.5 Å². The summed E-state index contributed by atoms with van der Waals surface area (Å²) < 4.78 is 18.7. The summed E-state index contributed by atoms with van der Waals surface area (Å²) in [5.74, 6) is -2.95. The second kappa shape index (κ2) is 11.5. The number of carboxylic acid groups (broad SMARTS) is 1. The molecule has 5 rings (SSSR count). The Morgan fingerprint density at radius 2 is 1.79 bits per heavy atom. The van der Waals surface area contributed by atoms with E-state index in [4.69, 9.17) is 15.9 Å². The maximum Gasteiger partial charge on any atom is 0.322 e. The topological polar surface area (TPSA) is 177 Å². The summed E-state index contributed by atoms with van der Waals surface area (Å²) in [7, 11) is 1.77. The molecule has 220 valence electrons. The van der Waals surface area contributed by atoms with Crippen LogP contribution in [0.1, 0.15) is 31.4 Å². The van der Waals surface area contributed by atoms with E-state index < -0.39 is 36.7 Å². The third kappa shape index (κ3) is 5.60. The number of halogens is 1. The highest BCUT2D eigenvalue weighted by Crippen LogP contribution is 2.41. The summed E-state index contributed by atoms with van der Waals surface area (Å²) in [4.78, 5) is 49.1. The van der Waals surface area contributed by atoms with E-state index in [1.165, 1.54) is 17.7 Å². The van der Waals surface area contributed by atoms with Crippen molar-refractivity contribution in [3.8, 4) is 11.1 Å². The number of nitrogens with zero attached hydrogens (tertiary/aromatic N) is 5. The average molecular weight is 579 g/mol. The minimum Gasteiger partial charge on any atom is -0.480 e. The van der Waals surface area contributed by atoms with Crippen LogP contribution in [0.2, 0.25) is 0 Å². The van der Waals surface area contributed by atoms with Gasteiger partial charge in [-0.1, -0.05) is 6.07 Å². The number of carbonyl (C=O) groups excluding carboxylic acids is 3. The third-order valence-corrected chi connectivity index (χ3v) is 7.58. The van der Waals surface area contributed by atoms with Gasteiger partial charge in [0, 0.05) is 49.3 Å². The van der Waals surface area contributed by atoms with E-state index in [2.05, 4.69) is 15.7 Å². The molecule has 0 saturated carbocycles. The number of piperidine rings is 1.